The van der Waals surface area contributed by atoms with Crippen molar-refractivity contribution in [2.75, 3.05) is 0 Å². The highest BCUT2D eigenvalue weighted by atomic mass is 79.9. The fourth-order valence-corrected chi connectivity index (χ4v) is 2.87. The molecule has 2 rings (SSSR count). The molecule has 10 heteroatoms. The van der Waals surface area contributed by atoms with Crippen LogP contribution in [0, 0.1) is 0 Å². The second-order valence-corrected chi connectivity index (χ2v) is 6.88. The lowest BCUT2D eigenvalue weighted by Gasteiger charge is -2.08. The fraction of sp³-hybridized carbons (Fsp3) is 0.250. The van der Waals surface area contributed by atoms with Gasteiger partial charge in [0.25, 0.3) is 0 Å². The van der Waals surface area contributed by atoms with Gasteiger partial charge in [0, 0.05) is 14.8 Å². The normalized spacial score (nSPS) is 11.8. The van der Waals surface area contributed by atoms with Crippen molar-refractivity contribution in [1.29, 1.82) is 0 Å². The molecule has 0 radical (unpaired) electrons. The molecule has 1 N–H and O–H groups in total. The first-order chi connectivity index (χ1) is 11.9. The average molecular weight is 529 g/mol. The minimum atomic E-state index is -4.36. The molecule has 2 aromatic carbocycles. The van der Waals surface area contributed by atoms with Crippen molar-refractivity contribution < 1.29 is 31.4 Å². The fourth-order valence-electron chi connectivity index (χ4n) is 1.73. The summed E-state index contributed by atoms with van der Waals surface area (Å²) >= 11 is 11.6. The summed E-state index contributed by atoms with van der Waals surface area (Å²) in [4.78, 5) is 0. The van der Waals surface area contributed by atoms with E-state index in [0.717, 1.165) is 24.3 Å². The third kappa shape index (κ3) is 6.75. The van der Waals surface area contributed by atoms with E-state index < -0.39 is 30.1 Å². The van der Waals surface area contributed by atoms with E-state index in [1.165, 1.54) is 12.1 Å². The molecular weight excluding hydrogens is 517 g/mol. The quantitative estimate of drug-likeness (QED) is 0.324. The molecule has 0 amide bonds. The Kier molecular flexibility index (Phi) is 8.44. The van der Waals surface area contributed by atoms with Crippen LogP contribution in [-0.4, -0.2) is 5.11 Å². The topological polar surface area (TPSA) is 20.2 Å². The van der Waals surface area contributed by atoms with Crippen LogP contribution in [0.2, 0.25) is 0 Å². The minimum Gasteiger partial charge on any atom is -0.392 e. The minimum absolute atomic E-state index is 0.0600. The van der Waals surface area contributed by atoms with Crippen LogP contribution in [0.15, 0.2) is 45.3 Å². The molecule has 0 aromatic heterocycles. The van der Waals surface area contributed by atoms with E-state index in [4.69, 9.17) is 16.7 Å². The molecule has 0 bridgehead atoms. The van der Waals surface area contributed by atoms with Crippen molar-refractivity contribution in [3.63, 3.8) is 0 Å². The second kappa shape index (κ2) is 9.43. The molecule has 0 unspecified atom stereocenters. The summed E-state index contributed by atoms with van der Waals surface area (Å²) in [6, 6.07) is 6.56. The van der Waals surface area contributed by atoms with Crippen LogP contribution < -0.4 is 0 Å². The zero-order valence-electron chi connectivity index (χ0n) is 12.7. The summed E-state index contributed by atoms with van der Waals surface area (Å²) in [5.41, 5.74) is -0.752. The van der Waals surface area contributed by atoms with Crippen LogP contribution in [-0.2, 0) is 24.8 Å². The Bertz CT molecular complexity index is 683. The lowest BCUT2D eigenvalue weighted by atomic mass is 10.1. The SMILES string of the molecule is FC(F)(F)c1ccc(Br)c(CCl)c1.OCc1cc(C(F)(F)F)ccc1Br. The number of benzene rings is 2. The summed E-state index contributed by atoms with van der Waals surface area (Å²) in [5, 5.41) is 8.71. The Morgan fingerprint density at radius 3 is 1.50 bits per heavy atom. The highest BCUT2D eigenvalue weighted by molar-refractivity contribution is 9.10. The number of aliphatic hydroxyl groups excluding tert-OH is 1. The van der Waals surface area contributed by atoms with Crippen molar-refractivity contribution in [1.82, 2.24) is 0 Å². The van der Waals surface area contributed by atoms with Crippen molar-refractivity contribution in [2.24, 2.45) is 0 Å². The zero-order chi connectivity index (χ0) is 20.1. The van der Waals surface area contributed by atoms with E-state index >= 15 is 0 Å². The summed E-state index contributed by atoms with van der Waals surface area (Å²) in [6.45, 7) is -0.412. The van der Waals surface area contributed by atoms with Crippen molar-refractivity contribution >= 4 is 43.5 Å². The molecule has 0 aliphatic carbocycles. The molecule has 0 spiro atoms. The molecule has 0 fully saturated rings. The Hall–Kier alpha value is -0.770. The standard InChI is InChI=1S/C8H5BrClF3.C8H6BrF3O/c9-7-2-1-6(8(11,12)13)3-5(7)4-10;9-7-2-1-6(8(10,11)12)3-5(7)4-13/h1-3H,4H2;1-3,13H,4H2. The number of rotatable bonds is 2. The largest absolute Gasteiger partial charge is 0.416 e. The Morgan fingerprint density at radius 2 is 1.15 bits per heavy atom. The van der Waals surface area contributed by atoms with Gasteiger partial charge >= 0.3 is 12.4 Å². The molecule has 0 saturated heterocycles. The van der Waals surface area contributed by atoms with Crippen LogP contribution in [0.3, 0.4) is 0 Å². The van der Waals surface area contributed by atoms with Gasteiger partial charge in [-0.3, -0.25) is 0 Å². The molecule has 0 saturated carbocycles. The molecule has 26 heavy (non-hydrogen) atoms. The lowest BCUT2D eigenvalue weighted by molar-refractivity contribution is -0.138. The van der Waals surface area contributed by atoms with Crippen LogP contribution >= 0.6 is 43.5 Å². The summed E-state index contributed by atoms with van der Waals surface area (Å²) in [7, 11) is 0. The van der Waals surface area contributed by atoms with Gasteiger partial charge in [0.15, 0.2) is 0 Å². The summed E-state index contributed by atoms with van der Waals surface area (Å²) < 4.78 is 74.0. The van der Waals surface area contributed by atoms with Crippen LogP contribution in [0.1, 0.15) is 22.3 Å². The molecule has 0 atom stereocenters. The van der Waals surface area contributed by atoms with Gasteiger partial charge in [0.2, 0.25) is 0 Å². The van der Waals surface area contributed by atoms with Gasteiger partial charge in [0.05, 0.1) is 17.7 Å². The van der Waals surface area contributed by atoms with Gasteiger partial charge < -0.3 is 5.11 Å². The van der Waals surface area contributed by atoms with E-state index in [1.54, 1.807) is 0 Å². The second-order valence-electron chi connectivity index (χ2n) is 4.90. The van der Waals surface area contributed by atoms with Crippen molar-refractivity contribution in [2.45, 2.75) is 24.8 Å². The summed E-state index contributed by atoms with van der Waals surface area (Å²) in [5.74, 6) is 0.0600. The molecule has 144 valence electrons. The van der Waals surface area contributed by atoms with Crippen LogP contribution in [0.4, 0.5) is 26.3 Å². The van der Waals surface area contributed by atoms with E-state index in [2.05, 4.69) is 31.9 Å². The highest BCUT2D eigenvalue weighted by Crippen LogP contribution is 2.33. The number of halogens is 9. The molecule has 0 heterocycles. The first-order valence-electron chi connectivity index (χ1n) is 6.78. The van der Waals surface area contributed by atoms with Crippen LogP contribution in [0.5, 0.6) is 0 Å². The molecule has 0 aliphatic heterocycles. The van der Waals surface area contributed by atoms with Gasteiger partial charge in [-0.15, -0.1) is 11.6 Å². The maximum Gasteiger partial charge on any atom is 0.416 e. The Morgan fingerprint density at radius 1 is 0.769 bits per heavy atom. The summed E-state index contributed by atoms with van der Waals surface area (Å²) in [6.07, 6.45) is -8.66. The van der Waals surface area contributed by atoms with E-state index in [9.17, 15) is 26.3 Å². The van der Waals surface area contributed by atoms with Crippen molar-refractivity contribution in [3.05, 3.63) is 67.6 Å². The molecule has 2 aromatic rings. The van der Waals surface area contributed by atoms with Gasteiger partial charge in [-0.2, -0.15) is 26.3 Å². The molecule has 1 nitrogen and oxygen atoms in total. The van der Waals surface area contributed by atoms with Crippen LogP contribution in [0.25, 0.3) is 0 Å². The van der Waals surface area contributed by atoms with Crippen molar-refractivity contribution in [3.8, 4) is 0 Å². The smallest absolute Gasteiger partial charge is 0.392 e. The number of hydrogen-bond donors (Lipinski definition) is 1. The van der Waals surface area contributed by atoms with E-state index in [1.807, 2.05) is 0 Å². The number of hydrogen-bond acceptors (Lipinski definition) is 1. The number of alkyl halides is 7. The molecule has 0 aliphatic rings. The van der Waals surface area contributed by atoms with E-state index in [0.29, 0.717) is 14.5 Å². The van der Waals surface area contributed by atoms with Gasteiger partial charge in [-0.25, -0.2) is 0 Å². The molecular formula is C16H11Br2ClF6O. The maximum absolute atomic E-state index is 12.2. The maximum atomic E-state index is 12.2. The first kappa shape index (κ1) is 23.3. The monoisotopic (exact) mass is 526 g/mol. The third-order valence-electron chi connectivity index (χ3n) is 3.06. The highest BCUT2D eigenvalue weighted by Gasteiger charge is 2.31. The third-order valence-corrected chi connectivity index (χ3v) is 4.90. The zero-order valence-corrected chi connectivity index (χ0v) is 16.7. The first-order valence-corrected chi connectivity index (χ1v) is 8.90. The van der Waals surface area contributed by atoms with Gasteiger partial charge in [-0.05, 0) is 47.5 Å². The number of aliphatic hydroxyl groups is 1. The Labute approximate surface area is 167 Å². The average Bonchev–Trinajstić information content (AvgIpc) is 2.54. The van der Waals surface area contributed by atoms with E-state index in [-0.39, 0.29) is 11.4 Å². The Balaban J connectivity index is 0.000000260. The predicted octanol–water partition coefficient (Wildman–Crippen LogP) is 7.17. The van der Waals surface area contributed by atoms with Gasteiger partial charge in [-0.1, -0.05) is 31.9 Å². The van der Waals surface area contributed by atoms with Gasteiger partial charge in [0.1, 0.15) is 0 Å². The predicted molar refractivity (Wildman–Crippen MR) is 93.8 cm³/mol. The lowest BCUT2D eigenvalue weighted by Crippen LogP contribution is -2.05.